The van der Waals surface area contributed by atoms with Gasteiger partial charge in [0.05, 0.1) is 11.5 Å². The molecule has 0 radical (unpaired) electrons. The predicted molar refractivity (Wildman–Crippen MR) is 140 cm³/mol. The highest BCUT2D eigenvalue weighted by Gasteiger charge is 2.26. The number of aryl methyl sites for hydroxylation is 2. The number of anilines is 2. The molecule has 0 saturated carbocycles. The first-order chi connectivity index (χ1) is 16.5. The summed E-state index contributed by atoms with van der Waals surface area (Å²) in [6, 6.07) is 13.9. The Balaban J connectivity index is 1.33. The van der Waals surface area contributed by atoms with E-state index in [0.717, 1.165) is 66.3 Å². The minimum atomic E-state index is 0.213. The average molecular weight is 476 g/mol. The Morgan fingerprint density at radius 2 is 2.06 bits per heavy atom. The number of hydrogen-bond acceptors (Lipinski definition) is 6. The number of nitrogens with one attached hydrogen (secondary N) is 1. The van der Waals surface area contributed by atoms with Gasteiger partial charge in [0.1, 0.15) is 0 Å². The van der Waals surface area contributed by atoms with Gasteiger partial charge in [-0.05, 0) is 67.5 Å². The maximum absolute atomic E-state index is 12.8. The molecule has 1 aromatic carbocycles. The van der Waals surface area contributed by atoms with Crippen molar-refractivity contribution in [1.29, 1.82) is 0 Å². The molecule has 1 aliphatic heterocycles. The van der Waals surface area contributed by atoms with Crippen molar-refractivity contribution in [3.63, 3.8) is 0 Å². The van der Waals surface area contributed by atoms with E-state index in [1.807, 2.05) is 41.3 Å². The largest absolute Gasteiger partial charge is 0.399 e. The van der Waals surface area contributed by atoms with Crippen LogP contribution in [-0.2, 0) is 37.1 Å². The second-order valence-corrected chi connectivity index (χ2v) is 9.83. The topological polar surface area (TPSA) is 97.3 Å². The summed E-state index contributed by atoms with van der Waals surface area (Å²) >= 11 is 1.71. The Morgan fingerprint density at radius 3 is 2.82 bits per heavy atom. The molecule has 0 aliphatic carbocycles. The van der Waals surface area contributed by atoms with E-state index in [1.54, 1.807) is 17.5 Å². The number of hydrogen-bond donors (Lipinski definition) is 3. The van der Waals surface area contributed by atoms with Crippen molar-refractivity contribution in [3.8, 4) is 0 Å². The number of aromatic nitrogens is 1. The summed E-state index contributed by atoms with van der Waals surface area (Å²) in [4.78, 5) is 20.4. The number of amides is 1. The van der Waals surface area contributed by atoms with Crippen LogP contribution >= 0.6 is 11.3 Å². The smallest absolute Gasteiger partial charge is 0.222 e. The van der Waals surface area contributed by atoms with Gasteiger partial charge in [0.25, 0.3) is 0 Å². The number of fused-ring (bicyclic) bond motifs is 1. The SMILES string of the molecule is C=C(CCc1cccc(N)c1)Nc1sc2c(c1CN)CCN(C(=O)CCCc1ccccn1)C2. The van der Waals surface area contributed by atoms with E-state index in [2.05, 4.69) is 22.9 Å². The molecule has 5 N–H and O–H groups in total. The van der Waals surface area contributed by atoms with Gasteiger partial charge in [0, 0.05) is 53.2 Å². The fraction of sp³-hybridized carbons (Fsp3) is 0.333. The van der Waals surface area contributed by atoms with Gasteiger partial charge in [-0.25, -0.2) is 0 Å². The summed E-state index contributed by atoms with van der Waals surface area (Å²) in [6.07, 6.45) is 6.53. The molecular formula is C27H33N5OS. The van der Waals surface area contributed by atoms with E-state index < -0.39 is 0 Å². The van der Waals surface area contributed by atoms with Crippen LogP contribution in [0, 0.1) is 0 Å². The van der Waals surface area contributed by atoms with Crippen LogP contribution in [0.3, 0.4) is 0 Å². The first-order valence-corrected chi connectivity index (χ1v) is 12.7. The molecule has 3 aromatic rings. The summed E-state index contributed by atoms with van der Waals surface area (Å²) in [5, 5.41) is 4.57. The summed E-state index contributed by atoms with van der Waals surface area (Å²) in [5.41, 5.74) is 18.4. The maximum atomic E-state index is 12.8. The van der Waals surface area contributed by atoms with Crippen molar-refractivity contribution in [1.82, 2.24) is 9.88 Å². The Kier molecular flexibility index (Phi) is 7.98. The summed E-state index contributed by atoms with van der Waals surface area (Å²) in [7, 11) is 0. The van der Waals surface area contributed by atoms with Gasteiger partial charge in [-0.15, -0.1) is 11.3 Å². The number of thiophene rings is 1. The van der Waals surface area contributed by atoms with Crippen molar-refractivity contribution in [2.45, 2.75) is 51.6 Å². The number of nitrogens with zero attached hydrogens (tertiary/aromatic N) is 2. The van der Waals surface area contributed by atoms with E-state index in [1.165, 1.54) is 16.0 Å². The van der Waals surface area contributed by atoms with Gasteiger partial charge in [0.15, 0.2) is 0 Å². The van der Waals surface area contributed by atoms with Gasteiger partial charge >= 0.3 is 0 Å². The second-order valence-electron chi connectivity index (χ2n) is 8.73. The average Bonchev–Trinajstić information content (AvgIpc) is 3.19. The Labute approximate surface area is 205 Å². The lowest BCUT2D eigenvalue weighted by Gasteiger charge is -2.27. The van der Waals surface area contributed by atoms with Gasteiger partial charge < -0.3 is 21.7 Å². The number of nitrogen functional groups attached to an aromatic ring is 1. The second kappa shape index (κ2) is 11.3. The molecule has 4 rings (SSSR count). The molecule has 6 nitrogen and oxygen atoms in total. The van der Waals surface area contributed by atoms with Crippen LogP contribution in [0.5, 0.6) is 0 Å². The fourth-order valence-corrected chi connectivity index (χ4v) is 5.73. The molecule has 34 heavy (non-hydrogen) atoms. The van der Waals surface area contributed by atoms with Crippen molar-refractivity contribution >= 4 is 27.9 Å². The minimum absolute atomic E-state index is 0.213. The molecule has 0 saturated heterocycles. The highest BCUT2D eigenvalue weighted by molar-refractivity contribution is 7.16. The quantitative estimate of drug-likeness (QED) is 0.371. The minimum Gasteiger partial charge on any atom is -0.399 e. The van der Waals surface area contributed by atoms with Crippen LogP contribution in [-0.4, -0.2) is 22.3 Å². The molecular weight excluding hydrogens is 442 g/mol. The van der Waals surface area contributed by atoms with Crippen molar-refractivity contribution in [2.24, 2.45) is 5.73 Å². The molecule has 0 bridgehead atoms. The van der Waals surface area contributed by atoms with E-state index in [9.17, 15) is 4.79 Å². The molecule has 2 aromatic heterocycles. The molecule has 3 heterocycles. The molecule has 1 aliphatic rings. The third-order valence-electron chi connectivity index (χ3n) is 6.23. The summed E-state index contributed by atoms with van der Waals surface area (Å²) < 4.78 is 0. The van der Waals surface area contributed by atoms with Crippen molar-refractivity contribution < 1.29 is 4.79 Å². The molecule has 0 unspecified atom stereocenters. The maximum Gasteiger partial charge on any atom is 0.222 e. The van der Waals surface area contributed by atoms with E-state index >= 15 is 0 Å². The van der Waals surface area contributed by atoms with Crippen LogP contribution in [0.1, 0.15) is 46.5 Å². The highest BCUT2D eigenvalue weighted by atomic mass is 32.1. The highest BCUT2D eigenvalue weighted by Crippen LogP contribution is 2.38. The normalized spacial score (nSPS) is 12.9. The molecule has 178 valence electrons. The first-order valence-electron chi connectivity index (χ1n) is 11.8. The van der Waals surface area contributed by atoms with Crippen LogP contribution in [0.15, 0.2) is 60.9 Å². The van der Waals surface area contributed by atoms with Crippen LogP contribution in [0.4, 0.5) is 10.7 Å². The molecule has 0 atom stereocenters. The van der Waals surface area contributed by atoms with E-state index in [-0.39, 0.29) is 5.91 Å². The fourth-order valence-electron chi connectivity index (χ4n) is 4.39. The molecule has 0 spiro atoms. The Bertz CT molecular complexity index is 1140. The predicted octanol–water partition coefficient (Wildman–Crippen LogP) is 4.65. The lowest BCUT2D eigenvalue weighted by Crippen LogP contribution is -2.35. The molecule has 7 heteroatoms. The standard InChI is InChI=1S/C27H33N5OS/c1-19(11-12-20-6-4-7-21(29)16-20)31-27-24(17-28)23-13-15-32(18-25(23)34-27)26(33)10-5-9-22-8-2-3-14-30-22/h2-4,6-8,14,16,31H,1,5,9-13,15,17-18,28-29H2. The van der Waals surface area contributed by atoms with Crippen LogP contribution in [0.2, 0.25) is 0 Å². The van der Waals surface area contributed by atoms with E-state index in [4.69, 9.17) is 11.5 Å². The van der Waals surface area contributed by atoms with Crippen molar-refractivity contribution in [3.05, 3.63) is 88.2 Å². The number of carbonyl (C=O) groups is 1. The monoisotopic (exact) mass is 475 g/mol. The summed E-state index contributed by atoms with van der Waals surface area (Å²) in [5.74, 6) is 0.213. The van der Waals surface area contributed by atoms with Gasteiger partial charge in [-0.2, -0.15) is 0 Å². The lowest BCUT2D eigenvalue weighted by molar-refractivity contribution is -0.132. The Hall–Kier alpha value is -3.16. The zero-order valence-corrected chi connectivity index (χ0v) is 20.4. The van der Waals surface area contributed by atoms with Crippen molar-refractivity contribution in [2.75, 3.05) is 17.6 Å². The lowest BCUT2D eigenvalue weighted by atomic mass is 10.0. The van der Waals surface area contributed by atoms with Gasteiger partial charge in [-0.1, -0.05) is 24.8 Å². The van der Waals surface area contributed by atoms with Crippen LogP contribution < -0.4 is 16.8 Å². The zero-order valence-electron chi connectivity index (χ0n) is 19.6. The zero-order chi connectivity index (χ0) is 23.9. The van der Waals surface area contributed by atoms with Gasteiger partial charge in [0.2, 0.25) is 5.91 Å². The number of allylic oxidation sites excluding steroid dienone is 1. The number of carbonyl (C=O) groups excluding carboxylic acids is 1. The summed E-state index contributed by atoms with van der Waals surface area (Å²) in [6.45, 7) is 6.11. The first kappa shape index (κ1) is 24.0. The number of benzene rings is 1. The molecule has 1 amide bonds. The molecule has 0 fully saturated rings. The third-order valence-corrected chi connectivity index (χ3v) is 7.40. The Morgan fingerprint density at radius 1 is 1.18 bits per heavy atom. The number of rotatable bonds is 10. The van der Waals surface area contributed by atoms with E-state index in [0.29, 0.717) is 19.5 Å². The van der Waals surface area contributed by atoms with Gasteiger partial charge in [-0.3, -0.25) is 9.78 Å². The number of nitrogens with two attached hydrogens (primary N) is 2. The third kappa shape index (κ3) is 6.04. The van der Waals surface area contributed by atoms with Crippen LogP contribution in [0.25, 0.3) is 0 Å². The number of pyridine rings is 1.